The van der Waals surface area contributed by atoms with Gasteiger partial charge in [-0.3, -0.25) is 9.63 Å². The van der Waals surface area contributed by atoms with Crippen LogP contribution < -0.4 is 5.32 Å². The second-order valence-electron chi connectivity index (χ2n) is 12.1. The molecule has 0 spiro atoms. The Morgan fingerprint density at radius 3 is 2.59 bits per heavy atom. The van der Waals surface area contributed by atoms with Crippen LogP contribution in [0.15, 0.2) is 5.16 Å². The first-order valence-electron chi connectivity index (χ1n) is 14.0. The van der Waals surface area contributed by atoms with Crippen LogP contribution in [0.5, 0.6) is 0 Å². The molecule has 4 aliphatic rings. The number of oxime groups is 1. The lowest BCUT2D eigenvalue weighted by Gasteiger charge is -2.60. The molecule has 4 aliphatic carbocycles. The van der Waals surface area contributed by atoms with Gasteiger partial charge in [0.15, 0.2) is 0 Å². The van der Waals surface area contributed by atoms with E-state index in [0.717, 1.165) is 62.2 Å². The van der Waals surface area contributed by atoms with E-state index in [1.165, 1.54) is 32.1 Å². The van der Waals surface area contributed by atoms with Crippen molar-refractivity contribution in [1.82, 2.24) is 10.2 Å². The molecule has 0 bridgehead atoms. The van der Waals surface area contributed by atoms with Crippen molar-refractivity contribution in [1.29, 1.82) is 0 Å². The van der Waals surface area contributed by atoms with E-state index in [4.69, 9.17) is 4.84 Å². The maximum absolute atomic E-state index is 12.6. The van der Waals surface area contributed by atoms with Crippen molar-refractivity contribution in [2.24, 2.45) is 45.6 Å². The molecule has 7 atom stereocenters. The molecule has 0 unspecified atom stereocenters. The minimum Gasteiger partial charge on any atom is -0.315 e. The summed E-state index contributed by atoms with van der Waals surface area (Å²) in [6, 6.07) is 0. The van der Waals surface area contributed by atoms with E-state index in [-0.39, 0.29) is 11.5 Å². The number of likely N-dealkylation sites (N-methyl/N-ethyl adjacent to an activating group) is 2. The summed E-state index contributed by atoms with van der Waals surface area (Å²) in [6.45, 7) is 14.0. The van der Waals surface area contributed by atoms with Gasteiger partial charge in [0.2, 0.25) is 0 Å². The van der Waals surface area contributed by atoms with Gasteiger partial charge in [-0.05, 0) is 99.8 Å². The fourth-order valence-electron chi connectivity index (χ4n) is 8.73. The number of nitrogens with zero attached hydrogens (tertiary/aromatic N) is 2. The van der Waals surface area contributed by atoms with Gasteiger partial charge in [0, 0.05) is 38.4 Å². The first kappa shape index (κ1) is 25.7. The molecule has 4 saturated carbocycles. The van der Waals surface area contributed by atoms with Crippen LogP contribution in [0.3, 0.4) is 0 Å². The van der Waals surface area contributed by atoms with Crippen molar-refractivity contribution in [3.05, 3.63) is 0 Å². The monoisotopic (exact) mass is 473 g/mol. The number of hydrogen-bond donors (Lipinski definition) is 1. The van der Waals surface area contributed by atoms with E-state index in [1.807, 2.05) is 6.92 Å². The highest BCUT2D eigenvalue weighted by Crippen LogP contribution is 2.67. The molecule has 0 aromatic carbocycles. The van der Waals surface area contributed by atoms with E-state index in [2.05, 4.69) is 38.2 Å². The van der Waals surface area contributed by atoms with Crippen LogP contribution in [-0.2, 0) is 9.63 Å². The number of ketones is 1. The molecule has 6 heteroatoms. The molecule has 34 heavy (non-hydrogen) atoms. The number of amides is 1. The van der Waals surface area contributed by atoms with E-state index < -0.39 is 0 Å². The van der Waals surface area contributed by atoms with Crippen LogP contribution in [0.25, 0.3) is 0 Å². The van der Waals surface area contributed by atoms with Gasteiger partial charge in [-0.25, -0.2) is 4.79 Å². The third kappa shape index (κ3) is 4.56. The number of fused-ring (bicyclic) bond motifs is 5. The summed E-state index contributed by atoms with van der Waals surface area (Å²) in [4.78, 5) is 31.9. The fraction of sp³-hybridized carbons (Fsp3) is 0.893. The van der Waals surface area contributed by atoms with Gasteiger partial charge in [-0.1, -0.05) is 25.9 Å². The van der Waals surface area contributed by atoms with Gasteiger partial charge < -0.3 is 10.2 Å². The minimum absolute atomic E-state index is 0.240. The maximum Gasteiger partial charge on any atom is 0.436 e. The van der Waals surface area contributed by atoms with Crippen molar-refractivity contribution < 1.29 is 14.4 Å². The van der Waals surface area contributed by atoms with Crippen molar-refractivity contribution >= 4 is 17.6 Å². The smallest absolute Gasteiger partial charge is 0.315 e. The zero-order valence-corrected chi connectivity index (χ0v) is 22.2. The molecule has 0 heterocycles. The zero-order valence-electron chi connectivity index (χ0n) is 22.2. The van der Waals surface area contributed by atoms with Crippen molar-refractivity contribution in [2.45, 2.75) is 92.4 Å². The molecule has 1 N–H and O–H groups in total. The van der Waals surface area contributed by atoms with Gasteiger partial charge in [0.05, 0.1) is 5.71 Å². The molecule has 4 rings (SSSR count). The summed E-state index contributed by atoms with van der Waals surface area (Å²) in [6.07, 6.45) is 9.79. The Bertz CT molecular complexity index is 798. The summed E-state index contributed by atoms with van der Waals surface area (Å²) in [5.74, 6) is 3.75. The summed E-state index contributed by atoms with van der Waals surface area (Å²) < 4.78 is 0. The average Bonchev–Trinajstić information content (AvgIpc) is 3.18. The van der Waals surface area contributed by atoms with Crippen LogP contribution in [0, 0.1) is 40.4 Å². The topological polar surface area (TPSA) is 71.0 Å². The van der Waals surface area contributed by atoms with Gasteiger partial charge >= 0.3 is 6.09 Å². The summed E-state index contributed by atoms with van der Waals surface area (Å²) >= 11 is 0. The molecular weight excluding hydrogens is 426 g/mol. The Morgan fingerprint density at radius 2 is 1.85 bits per heavy atom. The second kappa shape index (κ2) is 10.3. The third-order valence-electron chi connectivity index (χ3n) is 10.7. The highest BCUT2D eigenvalue weighted by Gasteiger charge is 2.60. The Kier molecular flexibility index (Phi) is 7.76. The summed E-state index contributed by atoms with van der Waals surface area (Å²) in [5, 5.41) is 7.66. The van der Waals surface area contributed by atoms with Crippen molar-refractivity contribution in [3.8, 4) is 0 Å². The van der Waals surface area contributed by atoms with Crippen molar-refractivity contribution in [3.63, 3.8) is 0 Å². The summed E-state index contributed by atoms with van der Waals surface area (Å²) in [7, 11) is 0. The molecular formula is C28H47N3O3. The first-order chi connectivity index (χ1) is 16.2. The normalized spacial score (nSPS) is 39.7. The largest absolute Gasteiger partial charge is 0.436 e. The minimum atomic E-state index is -0.346. The molecule has 0 aromatic rings. The molecule has 4 fully saturated rings. The average molecular weight is 474 g/mol. The lowest BCUT2D eigenvalue weighted by Crippen LogP contribution is -2.53. The third-order valence-corrected chi connectivity index (χ3v) is 10.7. The van der Waals surface area contributed by atoms with Crippen molar-refractivity contribution in [2.75, 3.05) is 26.2 Å². The predicted molar refractivity (Wildman–Crippen MR) is 136 cm³/mol. The zero-order chi connectivity index (χ0) is 24.5. The lowest BCUT2D eigenvalue weighted by molar-refractivity contribution is -0.138. The van der Waals surface area contributed by atoms with E-state index in [9.17, 15) is 9.59 Å². The maximum atomic E-state index is 12.6. The molecule has 6 nitrogen and oxygen atoms in total. The first-order valence-corrected chi connectivity index (χ1v) is 14.0. The standard InChI is InChI=1S/C28H47N3O3/c1-6-29-16-17-31(7-2)26(33)34-30-19(3)23-10-11-24-22-9-8-20-18-21(32)12-14-27(20,4)25(22)13-15-28(23,24)5/h20,22-25,29H,6-18H2,1-5H3/b30-19+/t20-,22-,23+,24-,25-,27-,28+/m0/s1. The molecule has 192 valence electrons. The highest BCUT2D eigenvalue weighted by atomic mass is 16.7. The van der Waals surface area contributed by atoms with Crippen LogP contribution >= 0.6 is 0 Å². The lowest BCUT2D eigenvalue weighted by atomic mass is 9.44. The molecule has 0 aromatic heterocycles. The Balaban J connectivity index is 1.42. The summed E-state index contributed by atoms with van der Waals surface area (Å²) in [5.41, 5.74) is 1.58. The quantitative estimate of drug-likeness (QED) is 0.224. The van der Waals surface area contributed by atoms with Crippen LogP contribution in [0.2, 0.25) is 0 Å². The van der Waals surface area contributed by atoms with Gasteiger partial charge in [0.1, 0.15) is 5.78 Å². The highest BCUT2D eigenvalue weighted by molar-refractivity contribution is 5.85. The Hall–Kier alpha value is -1.43. The number of Topliss-reactive ketones (excluding diaryl/α,β-unsaturated/α-hetero) is 1. The van der Waals surface area contributed by atoms with E-state index in [0.29, 0.717) is 36.1 Å². The number of nitrogens with one attached hydrogen (secondary N) is 1. The molecule has 1 amide bonds. The number of hydrogen-bond acceptors (Lipinski definition) is 5. The molecule has 0 aliphatic heterocycles. The number of carbonyl (C=O) groups is 2. The molecule has 0 radical (unpaired) electrons. The molecule has 0 saturated heterocycles. The van der Waals surface area contributed by atoms with Crippen LogP contribution in [0.1, 0.15) is 92.4 Å². The van der Waals surface area contributed by atoms with Gasteiger partial charge in [-0.15, -0.1) is 0 Å². The predicted octanol–water partition coefficient (Wildman–Crippen LogP) is 5.66. The van der Waals surface area contributed by atoms with Crippen LogP contribution in [-0.4, -0.2) is 48.7 Å². The second-order valence-corrected chi connectivity index (χ2v) is 12.1. The van der Waals surface area contributed by atoms with E-state index >= 15 is 0 Å². The van der Waals surface area contributed by atoms with E-state index in [1.54, 1.807) is 4.90 Å². The Morgan fingerprint density at radius 1 is 1.09 bits per heavy atom. The van der Waals surface area contributed by atoms with Gasteiger partial charge in [0.25, 0.3) is 0 Å². The SMILES string of the molecule is CCNCCN(CC)C(=O)O/N=C(\C)[C@H]1CC[C@H]2[C@@H]3CC[C@H]4CC(=O)CC[C@]4(C)[C@H]3CC[C@]12C. The van der Waals surface area contributed by atoms with Crippen LogP contribution in [0.4, 0.5) is 4.79 Å². The number of carbonyl (C=O) groups excluding carboxylic acids is 2. The Labute approximate surface area is 206 Å². The fourth-order valence-corrected chi connectivity index (χ4v) is 8.73. The van der Waals surface area contributed by atoms with Gasteiger partial charge in [-0.2, -0.15) is 0 Å². The number of rotatable bonds is 7.